The van der Waals surface area contributed by atoms with E-state index in [1.54, 1.807) is 12.1 Å². The third-order valence-corrected chi connectivity index (χ3v) is 10.2. The highest BCUT2D eigenvalue weighted by Crippen LogP contribution is 2.49. The Morgan fingerprint density at radius 2 is 1.03 bits per heavy atom. The predicted molar refractivity (Wildman–Crippen MR) is 161 cm³/mol. The lowest BCUT2D eigenvalue weighted by atomic mass is 9.84. The largest absolute Gasteiger partial charge is 0.289 e. The fraction of sp³-hybridized carbons (Fsp3) is 0. The van der Waals surface area contributed by atoms with E-state index in [2.05, 4.69) is 44.0 Å². The van der Waals surface area contributed by atoms with Crippen LogP contribution >= 0.6 is 55.1 Å². The molecule has 0 unspecified atom stereocenters. The van der Waals surface area contributed by atoms with Gasteiger partial charge in [-0.15, -0.1) is 0 Å². The van der Waals surface area contributed by atoms with Gasteiger partial charge in [-0.05, 0) is 83.7 Å². The number of hydrogen-bond donors (Lipinski definition) is 0. The zero-order valence-corrected chi connectivity index (χ0v) is 22.8. The van der Waals surface area contributed by atoms with Gasteiger partial charge in [0.2, 0.25) is 0 Å². The molecule has 2 nitrogen and oxygen atoms in total. The molecule has 6 heteroatoms. The Kier molecular flexibility index (Phi) is 4.12. The first-order valence-electron chi connectivity index (χ1n) is 11.2. The van der Waals surface area contributed by atoms with Gasteiger partial charge >= 0.3 is 0 Å². The van der Waals surface area contributed by atoms with E-state index in [0.717, 1.165) is 58.3 Å². The van der Waals surface area contributed by atoms with E-state index in [0.29, 0.717) is 36.1 Å². The number of halogens is 4. The van der Waals surface area contributed by atoms with Crippen molar-refractivity contribution in [2.75, 3.05) is 0 Å². The fourth-order valence-corrected chi connectivity index (χ4v) is 7.47. The predicted octanol–water partition coefficient (Wildman–Crippen LogP) is 9.62. The van der Waals surface area contributed by atoms with E-state index in [1.165, 1.54) is 0 Å². The molecule has 36 heavy (non-hydrogen) atoms. The maximum Gasteiger partial charge on any atom is 0.195 e. The van der Waals surface area contributed by atoms with E-state index in [1.807, 2.05) is 36.4 Å². The lowest BCUT2D eigenvalue weighted by molar-refractivity contribution is 1.65. The van der Waals surface area contributed by atoms with Gasteiger partial charge in [-0.3, -0.25) is 9.59 Å². The second-order valence-corrected chi connectivity index (χ2v) is 11.7. The van der Waals surface area contributed by atoms with Crippen LogP contribution in [0.4, 0.5) is 0 Å². The normalized spacial score (nSPS) is 12.7. The van der Waals surface area contributed by atoms with Gasteiger partial charge in [0.1, 0.15) is 0 Å². The van der Waals surface area contributed by atoms with Gasteiger partial charge in [-0.2, -0.15) is 0 Å². The number of rotatable bonds is 0. The highest BCUT2D eigenvalue weighted by molar-refractivity contribution is 9.13. The summed E-state index contributed by atoms with van der Waals surface area (Å²) in [5.41, 5.74) is -0.141. The first-order chi connectivity index (χ1) is 17.4. The quantitative estimate of drug-likeness (QED) is 0.123. The SMILES string of the molecule is O=c1c2ccccc2c2cc3c(Cl)cc4c(=O)c5c(Br)c(Br)ccc5c5cc6c(Cl)cc1c2c6c3c45. The van der Waals surface area contributed by atoms with Crippen molar-refractivity contribution in [3.05, 3.63) is 100 Å². The fourth-order valence-electron chi connectivity index (χ4n) is 6.10. The van der Waals surface area contributed by atoms with Crippen molar-refractivity contribution in [1.29, 1.82) is 0 Å². The zero-order valence-electron chi connectivity index (χ0n) is 18.1. The van der Waals surface area contributed by atoms with Crippen molar-refractivity contribution in [2.24, 2.45) is 0 Å². The Morgan fingerprint density at radius 1 is 0.472 bits per heavy atom. The molecule has 0 saturated heterocycles. The molecule has 8 aromatic carbocycles. The summed E-state index contributed by atoms with van der Waals surface area (Å²) in [7, 11) is 0. The minimum atomic E-state index is -0.0921. The molecule has 8 rings (SSSR count). The molecule has 0 atom stereocenters. The summed E-state index contributed by atoms with van der Waals surface area (Å²) in [6.07, 6.45) is 0. The van der Waals surface area contributed by atoms with Crippen molar-refractivity contribution in [3.8, 4) is 0 Å². The van der Waals surface area contributed by atoms with Gasteiger partial charge in [0, 0.05) is 72.9 Å². The Morgan fingerprint density at radius 3 is 1.67 bits per heavy atom. The molecular formula is C30H10Br2Cl2O2. The Labute approximate surface area is 229 Å². The maximum atomic E-state index is 13.8. The first kappa shape index (κ1) is 21.3. The van der Waals surface area contributed by atoms with Crippen LogP contribution in [0.2, 0.25) is 10.0 Å². The second kappa shape index (κ2) is 6.96. The third-order valence-electron chi connectivity index (χ3n) is 7.56. The smallest absolute Gasteiger partial charge is 0.195 e. The van der Waals surface area contributed by atoms with Gasteiger partial charge in [0.05, 0.1) is 0 Å². The van der Waals surface area contributed by atoms with Crippen molar-refractivity contribution >= 4 is 130 Å². The summed E-state index contributed by atoms with van der Waals surface area (Å²) < 4.78 is 1.51. The van der Waals surface area contributed by atoms with Crippen LogP contribution in [0.1, 0.15) is 0 Å². The molecule has 0 radical (unpaired) electrons. The summed E-state index contributed by atoms with van der Waals surface area (Å²) in [6.45, 7) is 0. The van der Waals surface area contributed by atoms with Crippen molar-refractivity contribution in [1.82, 2.24) is 0 Å². The average molecular weight is 633 g/mol. The summed E-state index contributed by atoms with van der Waals surface area (Å²) in [5, 5.41) is 12.1. The van der Waals surface area contributed by atoms with Crippen molar-refractivity contribution in [2.45, 2.75) is 0 Å². The van der Waals surface area contributed by atoms with Crippen LogP contribution in [0.5, 0.6) is 0 Å². The number of benzene rings is 8. The molecular weight excluding hydrogens is 623 g/mol. The molecule has 0 heterocycles. The Bertz CT molecular complexity index is 2400. The molecule has 0 fully saturated rings. The molecule has 170 valence electrons. The third kappa shape index (κ3) is 2.39. The van der Waals surface area contributed by atoms with E-state index in [-0.39, 0.29) is 10.9 Å². The number of hydrogen-bond acceptors (Lipinski definition) is 2. The molecule has 0 spiro atoms. The van der Waals surface area contributed by atoms with Crippen LogP contribution in [0.3, 0.4) is 0 Å². The Hall–Kier alpha value is -2.76. The molecule has 0 amide bonds. The Balaban J connectivity index is 1.82. The summed E-state index contributed by atoms with van der Waals surface area (Å²) >= 11 is 21.0. The van der Waals surface area contributed by atoms with E-state index in [9.17, 15) is 9.59 Å². The van der Waals surface area contributed by atoms with Gasteiger partial charge < -0.3 is 0 Å². The summed E-state index contributed by atoms with van der Waals surface area (Å²) in [6, 6.07) is 19.2. The average Bonchev–Trinajstić information content (AvgIpc) is 2.88. The second-order valence-electron chi connectivity index (χ2n) is 9.24. The van der Waals surface area contributed by atoms with E-state index >= 15 is 0 Å². The molecule has 0 aromatic heterocycles. The first-order valence-corrected chi connectivity index (χ1v) is 13.6. The van der Waals surface area contributed by atoms with Crippen LogP contribution in [0, 0.1) is 0 Å². The molecule has 0 aliphatic heterocycles. The van der Waals surface area contributed by atoms with Crippen LogP contribution in [-0.4, -0.2) is 0 Å². The molecule has 0 bridgehead atoms. The summed E-state index contributed by atoms with van der Waals surface area (Å²) in [4.78, 5) is 27.4. The lowest BCUT2D eigenvalue weighted by Crippen LogP contribution is -2.07. The minimum absolute atomic E-state index is 0.0493. The highest BCUT2D eigenvalue weighted by atomic mass is 79.9. The van der Waals surface area contributed by atoms with E-state index in [4.69, 9.17) is 23.2 Å². The highest BCUT2D eigenvalue weighted by Gasteiger charge is 2.25. The van der Waals surface area contributed by atoms with Gasteiger partial charge in [-0.25, -0.2) is 0 Å². The number of fused-ring (bicyclic) bond motifs is 4. The summed E-state index contributed by atoms with van der Waals surface area (Å²) in [5.74, 6) is 0. The minimum Gasteiger partial charge on any atom is -0.289 e. The maximum absolute atomic E-state index is 13.8. The van der Waals surface area contributed by atoms with Crippen molar-refractivity contribution < 1.29 is 0 Å². The van der Waals surface area contributed by atoms with Crippen LogP contribution in [0.15, 0.2) is 79.2 Å². The topological polar surface area (TPSA) is 34.1 Å². The lowest BCUT2D eigenvalue weighted by Gasteiger charge is -2.20. The monoisotopic (exact) mass is 630 g/mol. The zero-order chi connectivity index (χ0) is 24.6. The van der Waals surface area contributed by atoms with Gasteiger partial charge in [-0.1, -0.05) is 53.5 Å². The molecule has 0 aliphatic rings. The van der Waals surface area contributed by atoms with E-state index < -0.39 is 0 Å². The van der Waals surface area contributed by atoms with Crippen LogP contribution < -0.4 is 10.9 Å². The van der Waals surface area contributed by atoms with Gasteiger partial charge in [0.15, 0.2) is 10.9 Å². The molecule has 0 aliphatic carbocycles. The van der Waals surface area contributed by atoms with Crippen LogP contribution in [0.25, 0.3) is 75.4 Å². The van der Waals surface area contributed by atoms with Crippen molar-refractivity contribution in [3.63, 3.8) is 0 Å². The molecule has 0 saturated carbocycles. The van der Waals surface area contributed by atoms with Gasteiger partial charge in [0.25, 0.3) is 0 Å². The molecule has 0 N–H and O–H groups in total. The standard InChI is InChI=1S/C30H10Br2Cl2O2/c31-20-6-5-12-15-8-17-21(33)9-18-23-14(11-3-1-2-4-13(11)29(18)35)7-16-22(34)10-19(24(15)26(16)25(17)23)30(36)27(12)28(20)32/h1-10H. The molecule has 8 aromatic rings. The van der Waals surface area contributed by atoms with Crippen LogP contribution in [-0.2, 0) is 0 Å².